The Bertz CT molecular complexity index is 86.1. The van der Waals surface area contributed by atoms with Gasteiger partial charge in [-0.05, 0) is 11.6 Å². The Hall–Kier alpha value is 0.920. The highest BCUT2D eigenvalue weighted by atomic mass is 79.9. The summed E-state index contributed by atoms with van der Waals surface area (Å²) >= 11 is 11.5. The van der Waals surface area contributed by atoms with Gasteiger partial charge in [0.1, 0.15) is 0 Å². The van der Waals surface area contributed by atoms with Gasteiger partial charge in [-0.2, -0.15) is 0 Å². The SMILES string of the molecule is O=C(Cl)CC(Br)CBr. The van der Waals surface area contributed by atoms with Gasteiger partial charge in [0.15, 0.2) is 0 Å². The fraction of sp³-hybridized carbons (Fsp3) is 0.750. The first-order chi connectivity index (χ1) is 3.66. The number of hydrogen-bond acceptors (Lipinski definition) is 1. The molecule has 0 spiro atoms. The lowest BCUT2D eigenvalue weighted by Gasteiger charge is -1.97. The summed E-state index contributed by atoms with van der Waals surface area (Å²) in [5.41, 5.74) is 0. The number of halogens is 3. The van der Waals surface area contributed by atoms with E-state index >= 15 is 0 Å². The molecule has 0 saturated heterocycles. The van der Waals surface area contributed by atoms with Crippen molar-refractivity contribution in [3.63, 3.8) is 0 Å². The van der Waals surface area contributed by atoms with E-state index in [2.05, 4.69) is 31.9 Å². The second-order valence-electron chi connectivity index (χ2n) is 1.31. The van der Waals surface area contributed by atoms with Gasteiger partial charge in [-0.1, -0.05) is 31.9 Å². The standard InChI is InChI=1S/C4H5Br2ClO/c5-2-3(6)1-4(7)8/h3H,1-2H2. The average Bonchev–Trinajstić information content (AvgIpc) is 1.65. The number of carbonyl (C=O) groups is 1. The van der Waals surface area contributed by atoms with Gasteiger partial charge in [0.25, 0.3) is 0 Å². The van der Waals surface area contributed by atoms with Gasteiger partial charge in [-0.15, -0.1) is 0 Å². The minimum atomic E-state index is -0.300. The van der Waals surface area contributed by atoms with E-state index in [0.717, 1.165) is 5.33 Å². The van der Waals surface area contributed by atoms with Crippen LogP contribution in [0.4, 0.5) is 0 Å². The van der Waals surface area contributed by atoms with E-state index in [1.165, 1.54) is 0 Å². The van der Waals surface area contributed by atoms with E-state index in [9.17, 15) is 4.79 Å². The zero-order chi connectivity index (χ0) is 6.57. The van der Waals surface area contributed by atoms with Crippen LogP contribution in [0.3, 0.4) is 0 Å². The summed E-state index contributed by atoms with van der Waals surface area (Å²) in [7, 11) is 0. The molecule has 0 rings (SSSR count). The van der Waals surface area contributed by atoms with Crippen LogP contribution in [0.1, 0.15) is 6.42 Å². The van der Waals surface area contributed by atoms with Crippen LogP contribution >= 0.6 is 43.5 Å². The van der Waals surface area contributed by atoms with Gasteiger partial charge in [-0.25, -0.2) is 0 Å². The van der Waals surface area contributed by atoms with Crippen molar-refractivity contribution in [2.24, 2.45) is 0 Å². The van der Waals surface area contributed by atoms with Crippen LogP contribution in [-0.4, -0.2) is 15.4 Å². The molecule has 1 nitrogen and oxygen atoms in total. The summed E-state index contributed by atoms with van der Waals surface area (Å²) in [5, 5.41) is 0.456. The maximum atomic E-state index is 10.1. The average molecular weight is 264 g/mol. The maximum Gasteiger partial charge on any atom is 0.222 e. The minimum Gasteiger partial charge on any atom is -0.281 e. The van der Waals surface area contributed by atoms with E-state index in [1.54, 1.807) is 0 Å². The summed E-state index contributed by atoms with van der Waals surface area (Å²) in [6, 6.07) is 0. The van der Waals surface area contributed by atoms with E-state index in [0.29, 0.717) is 6.42 Å². The highest BCUT2D eigenvalue weighted by molar-refractivity contribution is 9.12. The normalized spacial score (nSPS) is 13.4. The molecular weight excluding hydrogens is 259 g/mol. The molecule has 8 heavy (non-hydrogen) atoms. The zero-order valence-corrected chi connectivity index (χ0v) is 7.96. The number of rotatable bonds is 3. The molecular formula is C4H5Br2ClO. The lowest BCUT2D eigenvalue weighted by molar-refractivity contribution is -0.111. The summed E-state index contributed by atoms with van der Waals surface area (Å²) in [4.78, 5) is 10.3. The van der Waals surface area contributed by atoms with Crippen molar-refractivity contribution < 1.29 is 4.79 Å². The Labute approximate surface area is 70.0 Å². The van der Waals surface area contributed by atoms with Crippen LogP contribution in [0.15, 0.2) is 0 Å². The van der Waals surface area contributed by atoms with Crippen molar-refractivity contribution in [3.05, 3.63) is 0 Å². The summed E-state index contributed by atoms with van der Waals surface area (Å²) < 4.78 is 0. The smallest absolute Gasteiger partial charge is 0.222 e. The molecule has 0 bridgehead atoms. The van der Waals surface area contributed by atoms with Gasteiger partial charge in [0.05, 0.1) is 0 Å². The Morgan fingerprint density at radius 3 is 2.38 bits per heavy atom. The quantitative estimate of drug-likeness (QED) is 0.564. The van der Waals surface area contributed by atoms with Crippen molar-refractivity contribution in [2.75, 3.05) is 5.33 Å². The lowest BCUT2D eigenvalue weighted by atomic mass is 10.4. The van der Waals surface area contributed by atoms with Gasteiger partial charge < -0.3 is 0 Å². The molecule has 0 aromatic carbocycles. The van der Waals surface area contributed by atoms with Crippen LogP contribution < -0.4 is 0 Å². The van der Waals surface area contributed by atoms with Crippen molar-refractivity contribution in [3.8, 4) is 0 Å². The molecule has 0 aliphatic rings. The highest BCUT2D eigenvalue weighted by Crippen LogP contribution is 2.09. The third kappa shape index (κ3) is 5.06. The number of carbonyl (C=O) groups excluding carboxylic acids is 1. The molecule has 0 aromatic heterocycles. The predicted molar refractivity (Wildman–Crippen MR) is 42.0 cm³/mol. The molecule has 0 aliphatic heterocycles. The molecule has 0 aromatic rings. The number of hydrogen-bond donors (Lipinski definition) is 0. The second kappa shape index (κ2) is 4.77. The van der Waals surface area contributed by atoms with Gasteiger partial charge in [0, 0.05) is 16.6 Å². The first kappa shape index (κ1) is 8.92. The molecule has 0 aliphatic carbocycles. The third-order valence-corrected chi connectivity index (χ3v) is 3.00. The van der Waals surface area contributed by atoms with Crippen molar-refractivity contribution >= 4 is 48.7 Å². The van der Waals surface area contributed by atoms with Gasteiger partial charge in [-0.3, -0.25) is 4.79 Å². The molecule has 1 atom stereocenters. The Kier molecular flexibility index (Phi) is 5.31. The second-order valence-corrected chi connectivity index (χ2v) is 3.67. The molecule has 0 saturated carbocycles. The lowest BCUT2D eigenvalue weighted by Crippen LogP contribution is -2.02. The van der Waals surface area contributed by atoms with Crippen molar-refractivity contribution in [1.82, 2.24) is 0 Å². The molecule has 0 heterocycles. The molecule has 0 N–H and O–H groups in total. The van der Waals surface area contributed by atoms with Crippen LogP contribution in [0.2, 0.25) is 0 Å². The monoisotopic (exact) mass is 262 g/mol. The van der Waals surface area contributed by atoms with E-state index in [4.69, 9.17) is 11.6 Å². The summed E-state index contributed by atoms with van der Waals surface area (Å²) in [6.45, 7) is 0. The number of alkyl halides is 2. The highest BCUT2D eigenvalue weighted by Gasteiger charge is 2.04. The van der Waals surface area contributed by atoms with Crippen LogP contribution in [0.5, 0.6) is 0 Å². The van der Waals surface area contributed by atoms with Crippen LogP contribution in [0.25, 0.3) is 0 Å². The van der Waals surface area contributed by atoms with Crippen LogP contribution in [0, 0.1) is 0 Å². The van der Waals surface area contributed by atoms with Crippen molar-refractivity contribution in [1.29, 1.82) is 0 Å². The summed E-state index contributed by atoms with van der Waals surface area (Å²) in [5.74, 6) is 0. The third-order valence-electron chi connectivity index (χ3n) is 0.549. The van der Waals surface area contributed by atoms with E-state index < -0.39 is 0 Å². The molecule has 0 amide bonds. The first-order valence-electron chi connectivity index (χ1n) is 2.05. The van der Waals surface area contributed by atoms with Crippen LogP contribution in [-0.2, 0) is 4.79 Å². The minimum absolute atomic E-state index is 0.174. The first-order valence-corrected chi connectivity index (χ1v) is 4.46. The Morgan fingerprint density at radius 1 is 1.75 bits per heavy atom. The predicted octanol–water partition coefficient (Wildman–Crippen LogP) is 2.30. The largest absolute Gasteiger partial charge is 0.281 e. The van der Waals surface area contributed by atoms with Gasteiger partial charge in [0.2, 0.25) is 5.24 Å². The Morgan fingerprint density at radius 2 is 2.25 bits per heavy atom. The van der Waals surface area contributed by atoms with E-state index in [-0.39, 0.29) is 10.1 Å². The molecule has 0 radical (unpaired) electrons. The molecule has 4 heteroatoms. The molecule has 1 unspecified atom stereocenters. The van der Waals surface area contributed by atoms with E-state index in [1.807, 2.05) is 0 Å². The van der Waals surface area contributed by atoms with Gasteiger partial charge >= 0.3 is 0 Å². The van der Waals surface area contributed by atoms with Crippen molar-refractivity contribution in [2.45, 2.75) is 11.2 Å². The fourth-order valence-corrected chi connectivity index (χ4v) is 1.12. The molecule has 0 fully saturated rings. The fourth-order valence-electron chi connectivity index (χ4n) is 0.229. The zero-order valence-electron chi connectivity index (χ0n) is 4.03. The summed E-state index contributed by atoms with van der Waals surface area (Å²) in [6.07, 6.45) is 0.382. The topological polar surface area (TPSA) is 17.1 Å². The Balaban J connectivity index is 3.24. The molecule has 48 valence electrons. The maximum absolute atomic E-state index is 10.1.